The van der Waals surface area contributed by atoms with Crippen molar-refractivity contribution in [3.8, 4) is 0 Å². The first-order valence-corrected chi connectivity index (χ1v) is 10.0. The van der Waals surface area contributed by atoms with Crippen LogP contribution in [0.3, 0.4) is 0 Å². The fraction of sp³-hybridized carbons (Fsp3) is 0.545. The monoisotopic (exact) mass is 341 g/mol. The zero-order valence-corrected chi connectivity index (χ0v) is 16.4. The zero-order valence-electron chi connectivity index (χ0n) is 16.4. The van der Waals surface area contributed by atoms with Gasteiger partial charge in [0.15, 0.2) is 0 Å². The van der Waals surface area contributed by atoms with Gasteiger partial charge in [0, 0.05) is 23.0 Å². The maximum atomic E-state index is 6.28. The molecule has 0 aromatic heterocycles. The topological polar surface area (TPSA) is 41.3 Å². The molecule has 0 amide bonds. The predicted octanol–water partition coefficient (Wildman–Crippen LogP) is 5.86. The van der Waals surface area contributed by atoms with Gasteiger partial charge in [0.05, 0.1) is 5.70 Å². The molecule has 1 aromatic carbocycles. The summed E-state index contributed by atoms with van der Waals surface area (Å²) in [6.45, 7) is 9.02. The van der Waals surface area contributed by atoms with E-state index < -0.39 is 0 Å². The van der Waals surface area contributed by atoms with Crippen LogP contribution in [0.1, 0.15) is 78.2 Å². The summed E-state index contributed by atoms with van der Waals surface area (Å²) in [5, 5.41) is 3.70. The predicted molar refractivity (Wildman–Crippen MR) is 110 cm³/mol. The van der Waals surface area contributed by atoms with Crippen molar-refractivity contribution in [1.29, 1.82) is 0 Å². The first kappa shape index (κ1) is 19.4. The van der Waals surface area contributed by atoms with E-state index in [1.54, 1.807) is 0 Å². The smallest absolute Gasteiger partial charge is 0.106 e. The lowest BCUT2D eigenvalue weighted by Crippen LogP contribution is -2.33. The van der Waals surface area contributed by atoms with E-state index >= 15 is 0 Å². The van der Waals surface area contributed by atoms with E-state index in [4.69, 9.17) is 5.73 Å². The average molecular weight is 342 g/mol. The second kappa shape index (κ2) is 9.55. The number of unbranched alkanes of at least 4 members (excludes halogenated alkanes) is 1. The van der Waals surface area contributed by atoms with Crippen LogP contribution in [0.4, 0.5) is 5.69 Å². The minimum atomic E-state index is 0.563. The van der Waals surface area contributed by atoms with Crippen molar-refractivity contribution in [2.75, 3.05) is 5.73 Å². The van der Waals surface area contributed by atoms with Crippen molar-refractivity contribution in [3.63, 3.8) is 0 Å². The molecule has 1 aromatic rings. The molecule has 2 rings (SSSR count). The van der Waals surface area contributed by atoms with Gasteiger partial charge in [-0.25, -0.2) is 0 Å². The third-order valence-electron chi connectivity index (χ3n) is 4.93. The number of rotatable bonds is 9. The Morgan fingerprint density at radius 2 is 1.84 bits per heavy atom. The Balaban J connectivity index is 2.48. The number of nitrogens with one attached hydrogen (secondary N) is 1. The molecular formula is C22H35N3. The largest absolute Gasteiger partial charge is 0.398 e. The van der Waals surface area contributed by atoms with Crippen LogP contribution >= 0.6 is 0 Å². The van der Waals surface area contributed by atoms with Gasteiger partial charge in [-0.05, 0) is 37.8 Å². The molecule has 3 N–H and O–H groups in total. The summed E-state index contributed by atoms with van der Waals surface area (Å²) >= 11 is 0. The number of nitrogens with two attached hydrogens (primary N) is 1. The van der Waals surface area contributed by atoms with Crippen molar-refractivity contribution < 1.29 is 0 Å². The number of hydrogen-bond donors (Lipinski definition) is 2. The third kappa shape index (κ3) is 4.39. The molecule has 0 spiro atoms. The fourth-order valence-corrected chi connectivity index (χ4v) is 3.76. The molecule has 0 aliphatic carbocycles. The minimum Gasteiger partial charge on any atom is -0.398 e. The van der Waals surface area contributed by atoms with Gasteiger partial charge in [0.25, 0.3) is 0 Å². The fourth-order valence-electron chi connectivity index (χ4n) is 3.76. The van der Waals surface area contributed by atoms with Gasteiger partial charge in [0.2, 0.25) is 0 Å². The Morgan fingerprint density at radius 3 is 2.44 bits per heavy atom. The molecule has 1 atom stereocenters. The first-order valence-electron chi connectivity index (χ1n) is 10.0. The van der Waals surface area contributed by atoms with E-state index in [1.807, 2.05) is 12.1 Å². The third-order valence-corrected chi connectivity index (χ3v) is 4.93. The molecule has 0 saturated heterocycles. The number of nitrogen functional groups attached to an aromatic ring is 1. The van der Waals surface area contributed by atoms with Gasteiger partial charge < -0.3 is 16.0 Å². The van der Waals surface area contributed by atoms with Gasteiger partial charge in [-0.3, -0.25) is 0 Å². The van der Waals surface area contributed by atoms with Crippen molar-refractivity contribution in [2.24, 2.45) is 0 Å². The van der Waals surface area contributed by atoms with Crippen molar-refractivity contribution in [3.05, 3.63) is 47.4 Å². The van der Waals surface area contributed by atoms with Gasteiger partial charge in [-0.15, -0.1) is 0 Å². The van der Waals surface area contributed by atoms with E-state index in [2.05, 4.69) is 56.1 Å². The highest BCUT2D eigenvalue weighted by Crippen LogP contribution is 2.37. The van der Waals surface area contributed by atoms with Gasteiger partial charge >= 0.3 is 0 Å². The van der Waals surface area contributed by atoms with Crippen LogP contribution in [-0.4, -0.2) is 10.9 Å². The van der Waals surface area contributed by atoms with E-state index in [0.717, 1.165) is 24.1 Å². The van der Waals surface area contributed by atoms with E-state index in [1.165, 1.54) is 49.3 Å². The second-order valence-corrected chi connectivity index (χ2v) is 6.84. The molecule has 0 fully saturated rings. The Hall–Kier alpha value is -1.90. The van der Waals surface area contributed by atoms with Crippen molar-refractivity contribution in [1.82, 2.24) is 10.2 Å². The molecule has 0 saturated carbocycles. The lowest BCUT2D eigenvalue weighted by atomic mass is 10.0. The highest BCUT2D eigenvalue weighted by Gasteiger charge is 2.31. The van der Waals surface area contributed by atoms with Crippen LogP contribution in [0.25, 0.3) is 5.70 Å². The lowest BCUT2D eigenvalue weighted by Gasteiger charge is -2.32. The Morgan fingerprint density at radius 1 is 1.08 bits per heavy atom. The number of hydrogen-bond acceptors (Lipinski definition) is 3. The molecule has 1 unspecified atom stereocenters. The molecule has 138 valence electrons. The number of nitrogens with zero attached hydrogens (tertiary/aromatic N) is 1. The highest BCUT2D eigenvalue weighted by molar-refractivity contribution is 5.78. The summed E-state index contributed by atoms with van der Waals surface area (Å²) in [5.74, 6) is 1.24. The Kier molecular flexibility index (Phi) is 7.42. The number of allylic oxidation sites excluding steroid dienone is 2. The summed E-state index contributed by atoms with van der Waals surface area (Å²) in [6.07, 6.45) is 10.6. The molecule has 1 heterocycles. The maximum absolute atomic E-state index is 6.28. The second-order valence-electron chi connectivity index (χ2n) is 6.84. The number of benzene rings is 1. The van der Waals surface area contributed by atoms with E-state index in [-0.39, 0.29) is 0 Å². The van der Waals surface area contributed by atoms with Crippen molar-refractivity contribution >= 4 is 11.4 Å². The lowest BCUT2D eigenvalue weighted by molar-refractivity contribution is 0.272. The summed E-state index contributed by atoms with van der Waals surface area (Å²) in [4.78, 5) is 2.57. The quantitative estimate of drug-likeness (QED) is 0.552. The maximum Gasteiger partial charge on any atom is 0.106 e. The molecular weight excluding hydrogens is 306 g/mol. The summed E-state index contributed by atoms with van der Waals surface area (Å²) in [7, 11) is 0. The number of para-hydroxylation sites is 1. The minimum absolute atomic E-state index is 0.563. The van der Waals surface area contributed by atoms with Crippen LogP contribution in [0.5, 0.6) is 0 Å². The van der Waals surface area contributed by atoms with Crippen LogP contribution in [0, 0.1) is 0 Å². The Bertz CT molecular complexity index is 615. The molecule has 1 aliphatic rings. The van der Waals surface area contributed by atoms with Crippen LogP contribution in [-0.2, 0) is 0 Å². The molecule has 25 heavy (non-hydrogen) atoms. The molecule has 0 bridgehead atoms. The molecule has 3 nitrogen and oxygen atoms in total. The standard InChI is InChI=1S/C22H35N3/c1-5-9-14-17(12-6-2)25-20(8-4)22(24-21(25)13-7-3)18-15-10-11-16-19(18)23/h10-11,13,15-17,24H,5-9,12,14,23H2,1-4H3/b21-13+. The summed E-state index contributed by atoms with van der Waals surface area (Å²) in [6, 6.07) is 8.75. The van der Waals surface area contributed by atoms with E-state index in [0.29, 0.717) is 6.04 Å². The average Bonchev–Trinajstić information content (AvgIpc) is 2.97. The Labute approximate surface area is 154 Å². The first-order chi connectivity index (χ1) is 12.2. The van der Waals surface area contributed by atoms with Crippen LogP contribution < -0.4 is 11.1 Å². The van der Waals surface area contributed by atoms with Gasteiger partial charge in [0.1, 0.15) is 5.82 Å². The molecule has 1 aliphatic heterocycles. The summed E-state index contributed by atoms with van der Waals surface area (Å²) in [5.41, 5.74) is 10.8. The zero-order chi connectivity index (χ0) is 18.2. The van der Waals surface area contributed by atoms with Crippen LogP contribution in [0.2, 0.25) is 0 Å². The molecule has 0 radical (unpaired) electrons. The highest BCUT2D eigenvalue weighted by atomic mass is 15.3. The van der Waals surface area contributed by atoms with E-state index in [9.17, 15) is 0 Å². The normalized spacial score (nSPS) is 17.3. The van der Waals surface area contributed by atoms with Gasteiger partial charge in [-0.2, -0.15) is 0 Å². The van der Waals surface area contributed by atoms with Gasteiger partial charge in [-0.1, -0.05) is 65.2 Å². The summed E-state index contributed by atoms with van der Waals surface area (Å²) < 4.78 is 0. The van der Waals surface area contributed by atoms with Crippen LogP contribution in [0.15, 0.2) is 41.9 Å². The SMILES string of the molecule is CC/C=C1\NC(c2ccccc2N)=C(CC)N1C(CCC)CCCC. The van der Waals surface area contributed by atoms with Crippen molar-refractivity contribution in [2.45, 2.75) is 78.7 Å². The number of anilines is 1. The molecule has 3 heteroatoms.